The molecule has 0 saturated carbocycles. The molecule has 8 N–H and O–H groups in total. The molecule has 4 fully saturated rings. The fourth-order valence-electron chi connectivity index (χ4n) is 7.22. The van der Waals surface area contributed by atoms with Gasteiger partial charge in [0.1, 0.15) is 35.6 Å². The van der Waals surface area contributed by atoms with E-state index in [-0.39, 0.29) is 13.1 Å². The molecule has 2 aromatic carbocycles. The molecule has 0 bridgehead atoms. The van der Waals surface area contributed by atoms with Gasteiger partial charge in [-0.3, -0.25) is 29.3 Å². The Bertz CT molecular complexity index is 1940. The van der Waals surface area contributed by atoms with E-state index in [1.165, 1.54) is 16.7 Å². The predicted octanol–water partition coefficient (Wildman–Crippen LogP) is 0.331. The van der Waals surface area contributed by atoms with Crippen LogP contribution in [-0.2, 0) is 28.8 Å². The van der Waals surface area contributed by atoms with Gasteiger partial charge in [-0.25, -0.2) is 19.3 Å². The molecule has 8 amide bonds. The Balaban J connectivity index is 1.18. The van der Waals surface area contributed by atoms with Crippen LogP contribution in [0.4, 0.5) is 9.59 Å². The fraction of sp³-hybridized carbons (Fsp3) is 0.444. The van der Waals surface area contributed by atoms with Crippen molar-refractivity contribution in [2.75, 3.05) is 13.1 Å². The van der Waals surface area contributed by atoms with Crippen molar-refractivity contribution in [2.24, 2.45) is 0 Å². The summed E-state index contributed by atoms with van der Waals surface area (Å²) in [5, 5.41) is 33.9. The number of β-lactam (4-membered cyclic amide) rings is 1. The first kappa shape index (κ1) is 40.3. The maximum Gasteiger partial charge on any atom is 0.328 e. The summed E-state index contributed by atoms with van der Waals surface area (Å²) in [7, 11) is 0. The standard InChI is InChI=1S/C36H42N8O10S2/c1-35(2)23(32(51)52)42-28(55-35)21(31(49)50)39-25(45)19(17-11-7-5-8-12-17)38-27(47)24-36(3,4)56-30-22(29(48)44(24)30)40-26(46)20(18-13-9-6-10-14-18)41-34(54)43-16-15-37-33(43)53/h5-14,19-24,28,30,42H,15-16H2,1-4H3,(H,37,53)(H,38,47)(H,39,45)(H,40,46)(H,41,54)(H,49,50)(H,51,52)/t19-,20-,21+,22-,23+,24+,28-,30-/m1/s1. The Morgan fingerprint density at radius 3 is 1.91 bits per heavy atom. The molecule has 298 valence electrons. The van der Waals surface area contributed by atoms with Gasteiger partial charge in [-0.05, 0) is 38.8 Å². The normalized spacial score (nSPS) is 26.1. The van der Waals surface area contributed by atoms with E-state index in [2.05, 4.69) is 31.9 Å². The summed E-state index contributed by atoms with van der Waals surface area (Å²) in [5.74, 6) is -5.48. The molecule has 4 aliphatic heterocycles. The summed E-state index contributed by atoms with van der Waals surface area (Å²) >= 11 is 2.31. The molecule has 4 heterocycles. The molecule has 18 nitrogen and oxygen atoms in total. The second-order valence-corrected chi connectivity index (χ2v) is 18.2. The summed E-state index contributed by atoms with van der Waals surface area (Å²) < 4.78 is -1.85. The molecule has 6 rings (SSSR count). The second kappa shape index (κ2) is 15.7. The predicted molar refractivity (Wildman–Crippen MR) is 203 cm³/mol. The Labute approximate surface area is 329 Å². The molecule has 0 radical (unpaired) electrons. The third-order valence-electron chi connectivity index (χ3n) is 10.0. The number of rotatable bonds is 12. The van der Waals surface area contributed by atoms with Crippen LogP contribution in [0.3, 0.4) is 0 Å². The van der Waals surface area contributed by atoms with Gasteiger partial charge in [-0.2, -0.15) is 0 Å². The number of nitrogens with one attached hydrogen (secondary N) is 6. The summed E-state index contributed by atoms with van der Waals surface area (Å²) in [4.78, 5) is 107. The van der Waals surface area contributed by atoms with E-state index in [4.69, 9.17) is 0 Å². The molecule has 4 saturated heterocycles. The summed E-state index contributed by atoms with van der Waals surface area (Å²) in [6.07, 6.45) is 0. The van der Waals surface area contributed by atoms with Crippen molar-refractivity contribution < 1.29 is 48.6 Å². The number of carbonyl (C=O) groups is 8. The Morgan fingerprint density at radius 1 is 0.804 bits per heavy atom. The SMILES string of the molecule is CC1(C)S[C@@H]2[C@H](NC(=O)[C@H](NC(=O)N3CCNC3=O)c3ccccc3)C(=O)N2[C@H]1C(=O)N[C@@H](C(=O)N[C@H](C(=O)O)[C@@H]1N[C@@H](C(=O)O)C(C)(C)S1)c1ccccc1. The van der Waals surface area contributed by atoms with Crippen molar-refractivity contribution in [1.29, 1.82) is 0 Å². The number of fused-ring (bicyclic) bond motifs is 1. The quantitative estimate of drug-likeness (QED) is 0.135. The van der Waals surface area contributed by atoms with E-state index < -0.39 is 104 Å². The number of carboxylic acids is 2. The highest BCUT2D eigenvalue weighted by Gasteiger charge is 2.64. The zero-order valence-electron chi connectivity index (χ0n) is 30.7. The first-order chi connectivity index (χ1) is 26.4. The Kier molecular flexibility index (Phi) is 11.3. The average molecular weight is 811 g/mol. The van der Waals surface area contributed by atoms with Crippen LogP contribution in [0.2, 0.25) is 0 Å². The topological polar surface area (TPSA) is 256 Å². The number of hydrogen-bond donors (Lipinski definition) is 8. The van der Waals surface area contributed by atoms with E-state index >= 15 is 0 Å². The lowest BCUT2D eigenvalue weighted by atomic mass is 9.94. The summed E-state index contributed by atoms with van der Waals surface area (Å²) in [5.41, 5.74) is 0.722. The van der Waals surface area contributed by atoms with Gasteiger partial charge in [0.15, 0.2) is 6.04 Å². The van der Waals surface area contributed by atoms with Crippen LogP contribution < -0.4 is 31.9 Å². The molecule has 0 spiro atoms. The van der Waals surface area contributed by atoms with Crippen molar-refractivity contribution in [3.8, 4) is 0 Å². The van der Waals surface area contributed by atoms with Gasteiger partial charge < -0.3 is 41.7 Å². The van der Waals surface area contributed by atoms with Crippen molar-refractivity contribution in [1.82, 2.24) is 41.7 Å². The van der Waals surface area contributed by atoms with Crippen molar-refractivity contribution >= 4 is 71.2 Å². The molecular weight excluding hydrogens is 769 g/mol. The maximum absolute atomic E-state index is 14.2. The lowest BCUT2D eigenvalue weighted by Crippen LogP contribution is -2.72. The van der Waals surface area contributed by atoms with E-state index in [9.17, 15) is 48.6 Å². The number of carbonyl (C=O) groups excluding carboxylic acids is 6. The molecule has 0 unspecified atom stereocenters. The molecule has 56 heavy (non-hydrogen) atoms. The molecule has 20 heteroatoms. The van der Waals surface area contributed by atoms with Crippen LogP contribution in [-0.4, -0.2) is 125 Å². The molecule has 0 aromatic heterocycles. The van der Waals surface area contributed by atoms with Crippen LogP contribution in [0.5, 0.6) is 0 Å². The third kappa shape index (κ3) is 7.85. The van der Waals surface area contributed by atoms with Gasteiger partial charge in [0.05, 0.1) is 5.37 Å². The maximum atomic E-state index is 14.2. The Morgan fingerprint density at radius 2 is 1.39 bits per heavy atom. The molecule has 4 aliphatic rings. The monoisotopic (exact) mass is 810 g/mol. The van der Waals surface area contributed by atoms with Crippen molar-refractivity contribution in [2.45, 2.75) is 84.2 Å². The Hall–Kier alpha value is -5.34. The minimum absolute atomic E-state index is 0.108. The summed E-state index contributed by atoms with van der Waals surface area (Å²) in [6, 6.07) is 7.43. The van der Waals surface area contributed by atoms with E-state index in [0.29, 0.717) is 11.1 Å². The van der Waals surface area contributed by atoms with E-state index in [1.807, 2.05) is 0 Å². The first-order valence-corrected chi connectivity index (χ1v) is 19.4. The number of benzene rings is 2. The van der Waals surface area contributed by atoms with Gasteiger partial charge in [0.2, 0.25) is 23.6 Å². The van der Waals surface area contributed by atoms with Gasteiger partial charge in [0.25, 0.3) is 0 Å². The highest BCUT2D eigenvalue weighted by molar-refractivity contribution is 8.02. The van der Waals surface area contributed by atoms with Gasteiger partial charge in [-0.15, -0.1) is 23.5 Å². The highest BCUT2D eigenvalue weighted by atomic mass is 32.2. The van der Waals surface area contributed by atoms with Crippen molar-refractivity contribution in [3.63, 3.8) is 0 Å². The largest absolute Gasteiger partial charge is 0.480 e. The van der Waals surface area contributed by atoms with Crippen LogP contribution in [0.15, 0.2) is 60.7 Å². The van der Waals surface area contributed by atoms with E-state index in [0.717, 1.165) is 16.7 Å². The number of nitrogens with zero attached hydrogens (tertiary/aromatic N) is 2. The van der Waals surface area contributed by atoms with Crippen LogP contribution >= 0.6 is 23.5 Å². The van der Waals surface area contributed by atoms with E-state index in [1.54, 1.807) is 88.4 Å². The smallest absolute Gasteiger partial charge is 0.328 e. The fourth-order valence-corrected chi connectivity index (χ4v) is 10.3. The zero-order valence-corrected chi connectivity index (χ0v) is 32.3. The van der Waals surface area contributed by atoms with Gasteiger partial charge in [-0.1, -0.05) is 60.7 Å². The molecule has 2 aromatic rings. The van der Waals surface area contributed by atoms with Gasteiger partial charge in [0, 0.05) is 22.6 Å². The molecule has 8 atom stereocenters. The van der Waals surface area contributed by atoms with Gasteiger partial charge >= 0.3 is 24.0 Å². The lowest BCUT2D eigenvalue weighted by Gasteiger charge is -2.44. The van der Waals surface area contributed by atoms with Crippen LogP contribution in [0.1, 0.15) is 50.9 Å². The molecule has 0 aliphatic carbocycles. The number of aliphatic carboxylic acids is 2. The number of imide groups is 1. The number of urea groups is 2. The number of hydrogen-bond acceptors (Lipinski definition) is 11. The molecular formula is C36H42N8O10S2. The average Bonchev–Trinajstić information content (AvgIpc) is 3.81. The first-order valence-electron chi connectivity index (χ1n) is 17.7. The third-order valence-corrected chi connectivity index (χ3v) is 13.1. The minimum atomic E-state index is -1.58. The number of carboxylic acid groups (broad SMARTS) is 2. The number of amides is 8. The van der Waals surface area contributed by atoms with Crippen LogP contribution in [0, 0.1) is 0 Å². The number of thioether (sulfide) groups is 2. The lowest BCUT2D eigenvalue weighted by molar-refractivity contribution is -0.155. The zero-order chi connectivity index (χ0) is 40.7. The summed E-state index contributed by atoms with van der Waals surface area (Å²) in [6.45, 7) is 7.14. The minimum Gasteiger partial charge on any atom is -0.480 e. The highest BCUT2D eigenvalue weighted by Crippen LogP contribution is 2.51. The van der Waals surface area contributed by atoms with Crippen molar-refractivity contribution in [3.05, 3.63) is 71.8 Å². The van der Waals surface area contributed by atoms with Crippen LogP contribution in [0.25, 0.3) is 0 Å². The second-order valence-electron chi connectivity index (χ2n) is 14.7.